The standard InChI is InChI=1S/C22H22N.3C21H20N.C12H10N.2C11H8N.4Ir/c1-16-12-13-23-21(14-16)19-7-5-6-18(15-19)17-8-10-20(11-9-17)22(2,3)4;1-21(2,3)19-14-20(17-12-8-5-9-13-17)22-15-18(19)16-10-6-4-7-11-16;1-21(2,3)19-11-7-9-17(15-19)16-8-6-10-18(14-16)20-12-4-5-13-22-20;1-21(2,3)19-12-13-20(22-15-19)18-11-7-10-17(14-18)16-8-5-4-6-9-16;1-10-6-5-9-13-12(10)11-7-3-2-4-8-11;2*1-2-6-10(7-3-1)11-8-4-5-9-12-11;;;;/h5-6,8-15H,1-4H3;4-12,14-15H,1-3H3;4-9,11-15H,1-3H3;4-10,12-15H,1-3H3;2-7,9H,1H3;2*1-6,8-9H;;;;/q7*-1;;;;. The summed E-state index contributed by atoms with van der Waals surface area (Å²) in [4.78, 5) is 30.9. The maximum atomic E-state index is 4.67. The van der Waals surface area contributed by atoms with E-state index in [4.69, 9.17) is 0 Å². The molecular formula is C119H108Ir4N7-7. The van der Waals surface area contributed by atoms with Crippen LogP contribution in [-0.2, 0) is 102 Å². The van der Waals surface area contributed by atoms with Crippen molar-refractivity contribution < 1.29 is 80.4 Å². The maximum absolute atomic E-state index is 4.67. The molecule has 7 aromatic heterocycles. The Balaban J connectivity index is 0.000000189. The van der Waals surface area contributed by atoms with Crippen molar-refractivity contribution in [2.24, 2.45) is 0 Å². The van der Waals surface area contributed by atoms with Gasteiger partial charge in [0, 0.05) is 129 Å². The summed E-state index contributed by atoms with van der Waals surface area (Å²) in [7, 11) is 0. The van der Waals surface area contributed by atoms with E-state index in [1.165, 1.54) is 77.9 Å². The van der Waals surface area contributed by atoms with Gasteiger partial charge in [-0.15, -0.1) is 250 Å². The van der Waals surface area contributed by atoms with Crippen molar-refractivity contribution in [3.63, 3.8) is 0 Å². The first-order valence-electron chi connectivity index (χ1n) is 42.7. The van der Waals surface area contributed by atoms with Crippen LogP contribution in [0.2, 0.25) is 0 Å². The van der Waals surface area contributed by atoms with Crippen LogP contribution in [0.15, 0.2) is 401 Å². The van der Waals surface area contributed by atoms with Gasteiger partial charge in [0.05, 0.1) is 0 Å². The smallest absolute Gasteiger partial charge is 0.0242 e. The zero-order valence-corrected chi connectivity index (χ0v) is 85.6. The van der Waals surface area contributed by atoms with Crippen LogP contribution in [-0.4, -0.2) is 34.9 Å². The molecule has 0 aliphatic heterocycles. The van der Waals surface area contributed by atoms with Crippen molar-refractivity contribution in [3.8, 4) is 123 Å². The SMILES string of the molecule is CC(C)(C)c1cc(-c2[c-]cccc2)ncc1-c1ccccc1.CC(C)(C)c1ccc(-c2[c-]ccc(-c3ccccc3)c2)nc1.CC(C)(C)c1cccc(-c2cc[c-]c(-c3ccccn3)c2)c1.Cc1cccnc1-c1[c-]cccc1.Cc1ccnc(-c2[c-]ccc(-c3ccc(C(C)(C)C)cc3)c2)c1.[Ir].[Ir].[Ir].[Ir].[c-]1ccccc1-c1ccccn1.[c-]1ccccc1-c1ccccn1. The average Bonchev–Trinajstić information content (AvgIpc) is 0.789. The van der Waals surface area contributed by atoms with Crippen LogP contribution in [0.25, 0.3) is 123 Å². The summed E-state index contributed by atoms with van der Waals surface area (Å²) in [6.45, 7) is 30.9. The summed E-state index contributed by atoms with van der Waals surface area (Å²) in [6, 6.07) is 143. The molecule has 0 N–H and O–H groups in total. The largest absolute Gasteiger partial charge is 0.305 e. The zero-order chi connectivity index (χ0) is 88.7. The van der Waals surface area contributed by atoms with E-state index in [-0.39, 0.29) is 102 Å². The summed E-state index contributed by atoms with van der Waals surface area (Å²) >= 11 is 0. The Labute approximate surface area is 826 Å². The van der Waals surface area contributed by atoms with Crippen LogP contribution >= 0.6 is 0 Å². The second-order valence-corrected chi connectivity index (χ2v) is 34.5. The third kappa shape index (κ3) is 31.2. The summed E-state index contributed by atoms with van der Waals surface area (Å²) in [6.07, 6.45) is 13.0. The zero-order valence-electron chi connectivity index (χ0n) is 76.1. The van der Waals surface area contributed by atoms with Gasteiger partial charge in [0.25, 0.3) is 0 Å². The van der Waals surface area contributed by atoms with Crippen LogP contribution in [0.5, 0.6) is 0 Å². The second-order valence-electron chi connectivity index (χ2n) is 34.5. The first-order valence-corrected chi connectivity index (χ1v) is 42.7. The molecule has 130 heavy (non-hydrogen) atoms. The van der Waals surface area contributed by atoms with Crippen LogP contribution in [0.3, 0.4) is 0 Å². The number of aryl methyl sites for hydroxylation is 2. The third-order valence-electron chi connectivity index (χ3n) is 20.8. The molecule has 18 rings (SSSR count). The van der Waals surface area contributed by atoms with Crippen LogP contribution in [0.1, 0.15) is 116 Å². The van der Waals surface area contributed by atoms with Crippen LogP contribution in [0.4, 0.5) is 0 Å². The van der Waals surface area contributed by atoms with Gasteiger partial charge in [0.15, 0.2) is 0 Å². The predicted octanol–water partition coefficient (Wildman–Crippen LogP) is 30.3. The number of rotatable bonds is 11. The van der Waals surface area contributed by atoms with Crippen molar-refractivity contribution in [1.29, 1.82) is 0 Å². The summed E-state index contributed by atoms with van der Waals surface area (Å²) < 4.78 is 0. The van der Waals surface area contributed by atoms with E-state index in [2.05, 4.69) is 344 Å². The summed E-state index contributed by atoms with van der Waals surface area (Å²) in [5.74, 6) is 0. The second kappa shape index (κ2) is 50.9. The summed E-state index contributed by atoms with van der Waals surface area (Å²) in [5, 5.41) is 0. The molecule has 7 nitrogen and oxygen atoms in total. The van der Waals surface area contributed by atoms with Crippen molar-refractivity contribution >= 4 is 0 Å². The Hall–Kier alpha value is -11.9. The van der Waals surface area contributed by atoms with Gasteiger partial charge in [0.1, 0.15) is 0 Å². The molecule has 11 heteroatoms. The Morgan fingerprint density at radius 1 is 0.208 bits per heavy atom. The molecule has 11 aromatic carbocycles. The fourth-order valence-corrected chi connectivity index (χ4v) is 13.6. The van der Waals surface area contributed by atoms with E-state index in [9.17, 15) is 0 Å². The molecule has 0 aliphatic rings. The minimum Gasteiger partial charge on any atom is -0.305 e. The quantitative estimate of drug-likeness (QED) is 0.119. The van der Waals surface area contributed by atoms with E-state index < -0.39 is 0 Å². The Morgan fingerprint density at radius 3 is 1.01 bits per heavy atom. The van der Waals surface area contributed by atoms with Gasteiger partial charge in [-0.05, 0) is 150 Å². The van der Waals surface area contributed by atoms with E-state index in [1.54, 1.807) is 12.4 Å². The number of pyridine rings is 7. The molecule has 0 saturated carbocycles. The molecule has 0 bridgehead atoms. The normalized spacial score (nSPS) is 10.6. The molecule has 0 saturated heterocycles. The van der Waals surface area contributed by atoms with E-state index in [0.717, 1.165) is 78.8 Å². The molecule has 4 radical (unpaired) electrons. The third-order valence-corrected chi connectivity index (χ3v) is 20.8. The first-order chi connectivity index (χ1) is 60.9. The number of nitrogens with zero attached hydrogens (tertiary/aromatic N) is 7. The topological polar surface area (TPSA) is 90.2 Å². The predicted molar refractivity (Wildman–Crippen MR) is 526 cm³/mol. The average molecular weight is 2410 g/mol. The Kier molecular flexibility index (Phi) is 40.5. The van der Waals surface area contributed by atoms with Gasteiger partial charge >= 0.3 is 0 Å². The van der Waals surface area contributed by atoms with Gasteiger partial charge < -0.3 is 34.9 Å². The molecule has 7 heterocycles. The number of hydrogen-bond donors (Lipinski definition) is 0. The molecule has 0 unspecified atom stereocenters. The Morgan fingerprint density at radius 2 is 0.577 bits per heavy atom. The van der Waals surface area contributed by atoms with Crippen molar-refractivity contribution in [2.45, 2.75) is 119 Å². The molecular weight excluding hydrogens is 2300 g/mol. The molecule has 0 amide bonds. The molecule has 0 fully saturated rings. The van der Waals surface area contributed by atoms with Crippen molar-refractivity contribution in [1.82, 2.24) is 34.9 Å². The number of hydrogen-bond acceptors (Lipinski definition) is 7. The summed E-state index contributed by atoms with van der Waals surface area (Å²) in [5.41, 5.74) is 31.9. The van der Waals surface area contributed by atoms with E-state index in [1.807, 2.05) is 219 Å². The Bertz CT molecular complexity index is 6180. The molecule has 0 spiro atoms. The minimum absolute atomic E-state index is 0. The van der Waals surface area contributed by atoms with Gasteiger partial charge in [0.2, 0.25) is 0 Å². The maximum Gasteiger partial charge on any atom is 0.0242 e. The van der Waals surface area contributed by atoms with Crippen LogP contribution < -0.4 is 0 Å². The first kappa shape index (κ1) is 103. The minimum atomic E-state index is 0. The van der Waals surface area contributed by atoms with Crippen molar-refractivity contribution in [2.75, 3.05) is 0 Å². The van der Waals surface area contributed by atoms with Crippen molar-refractivity contribution in [3.05, 3.63) is 477 Å². The number of benzene rings is 11. The van der Waals surface area contributed by atoms with E-state index >= 15 is 0 Å². The van der Waals surface area contributed by atoms with Gasteiger partial charge in [-0.2, -0.15) is 0 Å². The van der Waals surface area contributed by atoms with Gasteiger partial charge in [-0.1, -0.05) is 270 Å². The van der Waals surface area contributed by atoms with Gasteiger partial charge in [-0.3, -0.25) is 0 Å². The molecule has 18 aromatic rings. The van der Waals surface area contributed by atoms with Gasteiger partial charge in [-0.25, -0.2) is 0 Å². The van der Waals surface area contributed by atoms with Crippen LogP contribution in [0, 0.1) is 56.3 Å². The fraction of sp³-hybridized carbons (Fsp3) is 0.151. The monoisotopic (exact) mass is 2410 g/mol. The fourth-order valence-electron chi connectivity index (χ4n) is 13.6. The molecule has 0 aliphatic carbocycles. The molecule has 0 atom stereocenters. The van der Waals surface area contributed by atoms with E-state index in [0.29, 0.717) is 0 Å². The molecule has 662 valence electrons. The number of aromatic nitrogens is 7.